The fraction of sp³-hybridized carbons (Fsp3) is 0.533. The van der Waals surface area contributed by atoms with Gasteiger partial charge in [-0.1, -0.05) is 0 Å². The summed E-state index contributed by atoms with van der Waals surface area (Å²) in [5.41, 5.74) is 0.0876. The highest BCUT2D eigenvalue weighted by molar-refractivity contribution is 5.86. The molecule has 1 aromatic carbocycles. The summed E-state index contributed by atoms with van der Waals surface area (Å²) in [7, 11) is 0. The molecule has 6 heteroatoms. The number of rotatable bonds is 7. The molecule has 6 nitrogen and oxygen atoms in total. The summed E-state index contributed by atoms with van der Waals surface area (Å²) in [6, 6.07) is 4.52. The molecule has 0 bridgehead atoms. The highest BCUT2D eigenvalue weighted by Gasteiger charge is 2.14. The predicted molar refractivity (Wildman–Crippen MR) is 73.8 cm³/mol. The van der Waals surface area contributed by atoms with Crippen LogP contribution in [0, 0.1) is 0 Å². The molecule has 1 saturated heterocycles. The van der Waals surface area contributed by atoms with E-state index >= 15 is 0 Å². The van der Waals surface area contributed by atoms with Crippen LogP contribution in [0.2, 0.25) is 0 Å². The van der Waals surface area contributed by atoms with Crippen LogP contribution in [0.25, 0.3) is 0 Å². The standard InChI is InChI=1S/C15H21NO5/c1-2-20-14-11-12(15(17)18)3-4-13(14)21-10-7-16-5-8-19-9-6-16/h3-4,11H,2,5-10H2,1H3,(H,17,18). The Balaban J connectivity index is 1.93. The van der Waals surface area contributed by atoms with E-state index in [1.807, 2.05) is 6.92 Å². The molecule has 0 amide bonds. The first-order valence-electron chi connectivity index (χ1n) is 7.23. The fourth-order valence-corrected chi connectivity index (χ4v) is 2.24. The second-order valence-corrected chi connectivity index (χ2v) is 4.84. The number of carboxylic acids is 1. The van der Waals surface area contributed by atoms with E-state index < -0.39 is 5.97 Å². The van der Waals surface area contributed by atoms with Crippen LogP contribution in [0.5, 0.6) is 11.5 Å². The van der Waals surface area contributed by atoms with Crippen molar-refractivity contribution in [1.29, 1.82) is 0 Å². The number of aromatic carboxylic acids is 1. The Labute approximate surface area is 124 Å². The molecular weight excluding hydrogens is 274 g/mol. The minimum atomic E-state index is -1.22. The molecule has 1 aliphatic rings. The topological polar surface area (TPSA) is 72.3 Å². The zero-order valence-corrected chi connectivity index (χ0v) is 12.2. The van der Waals surface area contributed by atoms with E-state index in [1.165, 1.54) is 17.0 Å². The van der Waals surface area contributed by atoms with Gasteiger partial charge in [-0.05, 0) is 25.1 Å². The van der Waals surface area contributed by atoms with Crippen molar-refractivity contribution in [3.8, 4) is 11.5 Å². The summed E-state index contributed by atoms with van der Waals surface area (Å²) in [5, 5.41) is 10.9. The minimum absolute atomic E-state index is 0.0876. The highest BCUT2D eigenvalue weighted by Crippen LogP contribution is 2.28. The molecule has 0 radical (unpaired) electrons. The zero-order chi connectivity index (χ0) is 15.1. The molecule has 0 aliphatic carbocycles. The smallest absolute Gasteiger partial charge is 0.161 e. The summed E-state index contributed by atoms with van der Waals surface area (Å²) in [6.45, 7) is 7.29. The number of morpholine rings is 1. The third kappa shape index (κ3) is 4.61. The molecule has 1 aliphatic heterocycles. The molecule has 116 valence electrons. The Kier molecular flexibility index (Phi) is 5.83. The van der Waals surface area contributed by atoms with Gasteiger partial charge in [-0.15, -0.1) is 0 Å². The average molecular weight is 295 g/mol. The molecule has 0 unspecified atom stereocenters. The van der Waals surface area contributed by atoms with Gasteiger partial charge in [-0.2, -0.15) is 0 Å². The van der Waals surface area contributed by atoms with E-state index in [-0.39, 0.29) is 5.56 Å². The van der Waals surface area contributed by atoms with Gasteiger partial charge < -0.3 is 29.0 Å². The van der Waals surface area contributed by atoms with Crippen LogP contribution in [0.1, 0.15) is 17.3 Å². The third-order valence-electron chi connectivity index (χ3n) is 3.39. The first-order chi connectivity index (χ1) is 10.2. The molecule has 2 rings (SSSR count). The first-order valence-corrected chi connectivity index (χ1v) is 7.23. The third-order valence-corrected chi connectivity index (χ3v) is 3.39. The normalized spacial score (nSPS) is 15.7. The monoisotopic (exact) mass is 295 g/mol. The lowest BCUT2D eigenvalue weighted by atomic mass is 10.2. The number of hydrogen-bond acceptors (Lipinski definition) is 5. The number of carbonyl (C=O) groups is 1. The maximum atomic E-state index is 10.9. The molecule has 1 aromatic rings. The number of carboxylic acid groups (broad SMARTS) is 1. The van der Waals surface area contributed by atoms with Crippen molar-refractivity contribution in [2.75, 3.05) is 46.1 Å². The van der Waals surface area contributed by atoms with E-state index in [0.717, 1.165) is 32.8 Å². The van der Waals surface area contributed by atoms with E-state index in [1.54, 1.807) is 6.07 Å². The van der Waals surface area contributed by atoms with Gasteiger partial charge in [0, 0.05) is 5.56 Å². The Bertz CT molecular complexity index is 471. The minimum Gasteiger partial charge on any atom is -0.545 e. The van der Waals surface area contributed by atoms with E-state index in [2.05, 4.69) is 0 Å². The lowest BCUT2D eigenvalue weighted by Gasteiger charge is -2.23. The lowest BCUT2D eigenvalue weighted by molar-refractivity contribution is -0.908. The molecule has 1 N–H and O–H groups in total. The van der Waals surface area contributed by atoms with Crippen LogP contribution in [0.3, 0.4) is 0 Å². The summed E-state index contributed by atoms with van der Waals surface area (Å²) in [4.78, 5) is 12.3. The molecule has 1 heterocycles. The van der Waals surface area contributed by atoms with Crippen molar-refractivity contribution in [3.05, 3.63) is 23.8 Å². The van der Waals surface area contributed by atoms with Crippen molar-refractivity contribution in [2.24, 2.45) is 0 Å². The lowest BCUT2D eigenvalue weighted by Crippen LogP contribution is -3.14. The summed E-state index contributed by atoms with van der Waals surface area (Å²) < 4.78 is 16.5. The van der Waals surface area contributed by atoms with Crippen LogP contribution in [-0.2, 0) is 4.74 Å². The van der Waals surface area contributed by atoms with Crippen molar-refractivity contribution in [3.63, 3.8) is 0 Å². The second kappa shape index (κ2) is 7.85. The number of quaternary nitrogens is 1. The van der Waals surface area contributed by atoms with Gasteiger partial charge in [-0.3, -0.25) is 0 Å². The molecular formula is C15H21NO5. The van der Waals surface area contributed by atoms with E-state index in [4.69, 9.17) is 14.2 Å². The maximum Gasteiger partial charge on any atom is 0.161 e. The summed E-state index contributed by atoms with van der Waals surface area (Å²) in [6.07, 6.45) is 0. The Morgan fingerprint density at radius 2 is 2.05 bits per heavy atom. The SMILES string of the molecule is CCOc1cc(C(=O)[O-])ccc1OCC[NH+]1CCOCC1. The number of hydrogen-bond donors (Lipinski definition) is 1. The van der Waals surface area contributed by atoms with Gasteiger partial charge in [0.15, 0.2) is 11.5 Å². The van der Waals surface area contributed by atoms with Gasteiger partial charge in [0.2, 0.25) is 0 Å². The van der Waals surface area contributed by atoms with Crippen LogP contribution in [-0.4, -0.2) is 52.0 Å². The van der Waals surface area contributed by atoms with Crippen LogP contribution >= 0.6 is 0 Å². The Morgan fingerprint density at radius 1 is 1.29 bits per heavy atom. The van der Waals surface area contributed by atoms with Gasteiger partial charge in [0.1, 0.15) is 26.2 Å². The maximum absolute atomic E-state index is 10.9. The Hall–Kier alpha value is -1.79. The molecule has 0 spiro atoms. The van der Waals surface area contributed by atoms with Gasteiger partial charge in [0.25, 0.3) is 0 Å². The number of benzene rings is 1. The van der Waals surface area contributed by atoms with Crippen molar-refractivity contribution in [2.45, 2.75) is 6.92 Å². The molecule has 21 heavy (non-hydrogen) atoms. The molecule has 0 aromatic heterocycles. The largest absolute Gasteiger partial charge is 0.545 e. The predicted octanol–water partition coefficient (Wildman–Crippen LogP) is -1.26. The number of carbonyl (C=O) groups excluding carboxylic acids is 1. The second-order valence-electron chi connectivity index (χ2n) is 4.84. The molecule has 0 saturated carbocycles. The van der Waals surface area contributed by atoms with Gasteiger partial charge in [-0.25, -0.2) is 0 Å². The zero-order valence-electron chi connectivity index (χ0n) is 12.2. The van der Waals surface area contributed by atoms with Gasteiger partial charge in [0.05, 0.1) is 25.8 Å². The van der Waals surface area contributed by atoms with E-state index in [0.29, 0.717) is 24.7 Å². The average Bonchev–Trinajstić information content (AvgIpc) is 2.50. The Morgan fingerprint density at radius 3 is 2.71 bits per heavy atom. The van der Waals surface area contributed by atoms with Gasteiger partial charge >= 0.3 is 0 Å². The number of ether oxygens (including phenoxy) is 3. The van der Waals surface area contributed by atoms with Crippen molar-refractivity contribution >= 4 is 5.97 Å². The van der Waals surface area contributed by atoms with Crippen LogP contribution < -0.4 is 19.5 Å². The summed E-state index contributed by atoms with van der Waals surface area (Å²) >= 11 is 0. The summed E-state index contributed by atoms with van der Waals surface area (Å²) in [5.74, 6) is -0.217. The van der Waals surface area contributed by atoms with Crippen LogP contribution in [0.15, 0.2) is 18.2 Å². The first kappa shape index (κ1) is 15.6. The molecule has 1 fully saturated rings. The van der Waals surface area contributed by atoms with E-state index in [9.17, 15) is 9.90 Å². The van der Waals surface area contributed by atoms with Crippen molar-refractivity contribution in [1.82, 2.24) is 0 Å². The highest BCUT2D eigenvalue weighted by atomic mass is 16.5. The van der Waals surface area contributed by atoms with Crippen LogP contribution in [0.4, 0.5) is 0 Å². The quantitative estimate of drug-likeness (QED) is 0.680. The number of nitrogens with one attached hydrogen (secondary N) is 1. The van der Waals surface area contributed by atoms with Crippen molar-refractivity contribution < 1.29 is 29.0 Å². The molecule has 0 atom stereocenters. The fourth-order valence-electron chi connectivity index (χ4n) is 2.24.